The molecule has 0 amide bonds. The van der Waals surface area contributed by atoms with Crippen molar-refractivity contribution in [1.29, 1.82) is 0 Å². The minimum atomic E-state index is 0.117. The largest absolute Gasteiger partial charge is 0.361 e. The van der Waals surface area contributed by atoms with Crippen LogP contribution in [0.5, 0.6) is 0 Å². The lowest BCUT2D eigenvalue weighted by molar-refractivity contribution is 0.590. The average Bonchev–Trinajstić information content (AvgIpc) is 3.42. The number of aromatic nitrogens is 4. The molecule has 4 nitrogen and oxygen atoms in total. The Balaban J connectivity index is 1.51. The van der Waals surface area contributed by atoms with E-state index in [9.17, 15) is 0 Å². The van der Waals surface area contributed by atoms with Crippen LogP contribution >= 0.6 is 11.8 Å². The van der Waals surface area contributed by atoms with Crippen LogP contribution in [0.3, 0.4) is 0 Å². The molecule has 5 aromatic rings. The first kappa shape index (κ1) is 20.6. The Morgan fingerprint density at radius 2 is 1.56 bits per heavy atom. The van der Waals surface area contributed by atoms with Crippen LogP contribution in [0, 0.1) is 0 Å². The molecule has 0 spiro atoms. The van der Waals surface area contributed by atoms with Crippen LogP contribution in [0.15, 0.2) is 90.2 Å². The van der Waals surface area contributed by atoms with Crippen molar-refractivity contribution >= 4 is 22.7 Å². The Morgan fingerprint density at radius 3 is 2.31 bits per heavy atom. The highest BCUT2D eigenvalue weighted by Crippen LogP contribution is 2.32. The summed E-state index contributed by atoms with van der Waals surface area (Å²) in [5.74, 6) is 1.68. The summed E-state index contributed by atoms with van der Waals surface area (Å²) in [7, 11) is 0. The maximum Gasteiger partial charge on any atom is 0.196 e. The SMILES string of the molecule is CC(C)(C)c1ccc(-c2nnc(SCc3c[nH]c4ccccc34)n2-c2ccccc2)cc1. The Bertz CT molecular complexity index is 1340. The molecule has 0 aliphatic heterocycles. The molecule has 0 bridgehead atoms. The lowest BCUT2D eigenvalue weighted by Gasteiger charge is -2.19. The lowest BCUT2D eigenvalue weighted by atomic mass is 9.87. The minimum absolute atomic E-state index is 0.117. The van der Waals surface area contributed by atoms with E-state index < -0.39 is 0 Å². The second kappa shape index (κ2) is 8.32. The number of H-pyrrole nitrogens is 1. The fourth-order valence-electron chi connectivity index (χ4n) is 3.87. The van der Waals surface area contributed by atoms with Crippen LogP contribution in [0.4, 0.5) is 0 Å². The van der Waals surface area contributed by atoms with Crippen LogP contribution < -0.4 is 0 Å². The van der Waals surface area contributed by atoms with Crippen molar-refractivity contribution in [2.75, 3.05) is 0 Å². The molecule has 0 atom stereocenters. The van der Waals surface area contributed by atoms with E-state index in [4.69, 9.17) is 0 Å². The maximum absolute atomic E-state index is 4.60. The van der Waals surface area contributed by atoms with Crippen LogP contribution in [0.1, 0.15) is 31.9 Å². The summed E-state index contributed by atoms with van der Waals surface area (Å²) >= 11 is 1.71. The lowest BCUT2D eigenvalue weighted by Crippen LogP contribution is -2.10. The second-order valence-electron chi connectivity index (χ2n) is 8.95. The van der Waals surface area contributed by atoms with Gasteiger partial charge in [-0.25, -0.2) is 0 Å². The molecule has 0 saturated carbocycles. The van der Waals surface area contributed by atoms with E-state index in [1.54, 1.807) is 11.8 Å². The monoisotopic (exact) mass is 438 g/mol. The molecule has 0 aliphatic carbocycles. The number of thioether (sulfide) groups is 1. The topological polar surface area (TPSA) is 46.5 Å². The van der Waals surface area contributed by atoms with E-state index >= 15 is 0 Å². The van der Waals surface area contributed by atoms with Gasteiger partial charge >= 0.3 is 0 Å². The van der Waals surface area contributed by atoms with Gasteiger partial charge in [-0.1, -0.05) is 93.2 Å². The van der Waals surface area contributed by atoms with Gasteiger partial charge in [-0.15, -0.1) is 10.2 Å². The summed E-state index contributed by atoms with van der Waals surface area (Å²) in [5, 5.41) is 11.3. The van der Waals surface area contributed by atoms with Crippen molar-refractivity contribution in [3.8, 4) is 17.1 Å². The summed E-state index contributed by atoms with van der Waals surface area (Å²) in [4.78, 5) is 3.36. The molecule has 32 heavy (non-hydrogen) atoms. The van der Waals surface area contributed by atoms with Gasteiger partial charge in [-0.3, -0.25) is 4.57 Å². The number of nitrogens with zero attached hydrogens (tertiary/aromatic N) is 3. The molecule has 0 saturated heterocycles. The van der Waals surface area contributed by atoms with E-state index in [0.29, 0.717) is 0 Å². The molecule has 0 aliphatic rings. The Morgan fingerprint density at radius 1 is 0.844 bits per heavy atom. The fraction of sp³-hybridized carbons (Fsp3) is 0.185. The molecule has 1 N–H and O–H groups in total. The molecule has 2 aromatic heterocycles. The predicted octanol–water partition coefficient (Wildman–Crippen LogP) is 7.01. The molecule has 5 heteroatoms. The minimum Gasteiger partial charge on any atom is -0.361 e. The number of hydrogen-bond donors (Lipinski definition) is 1. The molecule has 2 heterocycles. The maximum atomic E-state index is 4.60. The number of benzene rings is 3. The summed E-state index contributed by atoms with van der Waals surface area (Å²) in [6.45, 7) is 6.69. The molecular weight excluding hydrogens is 412 g/mol. The van der Waals surface area contributed by atoms with Gasteiger partial charge in [0.05, 0.1) is 0 Å². The molecular formula is C27H26N4S. The highest BCUT2D eigenvalue weighted by atomic mass is 32.2. The van der Waals surface area contributed by atoms with Gasteiger partial charge in [-0.2, -0.15) is 0 Å². The highest BCUT2D eigenvalue weighted by Gasteiger charge is 2.18. The second-order valence-corrected chi connectivity index (χ2v) is 9.90. The first-order valence-corrected chi connectivity index (χ1v) is 11.8. The third-order valence-electron chi connectivity index (χ3n) is 5.69. The zero-order valence-electron chi connectivity index (χ0n) is 18.5. The van der Waals surface area contributed by atoms with Gasteiger partial charge in [0.25, 0.3) is 0 Å². The summed E-state index contributed by atoms with van der Waals surface area (Å²) in [6.07, 6.45) is 2.09. The number of hydrogen-bond acceptors (Lipinski definition) is 3. The van der Waals surface area contributed by atoms with E-state index in [2.05, 4.69) is 120 Å². The summed E-state index contributed by atoms with van der Waals surface area (Å²) in [6, 6.07) is 27.4. The number of rotatable bonds is 5. The van der Waals surface area contributed by atoms with Crippen molar-refractivity contribution in [1.82, 2.24) is 19.7 Å². The first-order valence-electron chi connectivity index (χ1n) is 10.8. The van der Waals surface area contributed by atoms with Crippen molar-refractivity contribution < 1.29 is 0 Å². The van der Waals surface area contributed by atoms with E-state index in [0.717, 1.165) is 33.5 Å². The van der Waals surface area contributed by atoms with Crippen molar-refractivity contribution in [3.05, 3.63) is 96.2 Å². The molecule has 0 fully saturated rings. The average molecular weight is 439 g/mol. The van der Waals surface area contributed by atoms with Gasteiger partial charge in [0.2, 0.25) is 0 Å². The van der Waals surface area contributed by atoms with Gasteiger partial charge in [0, 0.05) is 34.1 Å². The van der Waals surface area contributed by atoms with Crippen LogP contribution in [0.25, 0.3) is 28.0 Å². The van der Waals surface area contributed by atoms with Crippen molar-refractivity contribution in [2.45, 2.75) is 37.1 Å². The molecule has 0 unspecified atom stereocenters. The molecule has 160 valence electrons. The summed E-state index contributed by atoms with van der Waals surface area (Å²) < 4.78 is 2.16. The number of para-hydroxylation sites is 2. The van der Waals surface area contributed by atoms with Crippen molar-refractivity contribution in [3.63, 3.8) is 0 Å². The number of nitrogens with one attached hydrogen (secondary N) is 1. The fourth-order valence-corrected chi connectivity index (χ4v) is 4.82. The van der Waals surface area contributed by atoms with Crippen LogP contribution in [-0.4, -0.2) is 19.7 Å². The van der Waals surface area contributed by atoms with Crippen molar-refractivity contribution in [2.24, 2.45) is 0 Å². The smallest absolute Gasteiger partial charge is 0.196 e. The third-order valence-corrected chi connectivity index (χ3v) is 6.67. The first-order chi connectivity index (χ1) is 15.5. The predicted molar refractivity (Wildman–Crippen MR) is 133 cm³/mol. The molecule has 5 rings (SSSR count). The van der Waals surface area contributed by atoms with E-state index in [1.165, 1.54) is 16.5 Å². The van der Waals surface area contributed by atoms with Gasteiger partial charge in [0.1, 0.15) is 0 Å². The standard InChI is InChI=1S/C27H26N4S/c1-27(2,3)21-15-13-19(14-16-21)25-29-30-26(31(25)22-9-5-4-6-10-22)32-18-20-17-28-24-12-8-7-11-23(20)24/h4-17,28H,18H2,1-3H3. The zero-order valence-corrected chi connectivity index (χ0v) is 19.4. The Labute approximate surface area is 192 Å². The van der Waals surface area contributed by atoms with E-state index in [1.807, 2.05) is 6.07 Å². The van der Waals surface area contributed by atoms with Crippen LogP contribution in [-0.2, 0) is 11.2 Å². The normalized spacial score (nSPS) is 11.8. The Kier molecular flexibility index (Phi) is 5.35. The Hall–Kier alpha value is -3.31. The van der Waals surface area contributed by atoms with Gasteiger partial charge < -0.3 is 4.98 Å². The van der Waals surface area contributed by atoms with E-state index in [-0.39, 0.29) is 5.41 Å². The highest BCUT2D eigenvalue weighted by molar-refractivity contribution is 7.98. The van der Waals surface area contributed by atoms with Gasteiger partial charge in [-0.05, 0) is 34.7 Å². The molecule has 0 radical (unpaired) electrons. The quantitative estimate of drug-likeness (QED) is 0.300. The number of fused-ring (bicyclic) bond motifs is 1. The third kappa shape index (κ3) is 3.96. The summed E-state index contributed by atoms with van der Waals surface area (Å²) in [5.41, 5.74) is 5.98. The number of aromatic amines is 1. The molecule has 3 aromatic carbocycles. The van der Waals surface area contributed by atoms with Crippen LogP contribution in [0.2, 0.25) is 0 Å². The zero-order chi connectivity index (χ0) is 22.1. The van der Waals surface area contributed by atoms with Gasteiger partial charge in [0.15, 0.2) is 11.0 Å².